The van der Waals surface area contributed by atoms with Gasteiger partial charge in [-0.05, 0) is 109 Å². The van der Waals surface area contributed by atoms with Crippen molar-refractivity contribution >= 4 is 17.9 Å². The Balaban J connectivity index is 4.16. The van der Waals surface area contributed by atoms with Crippen LogP contribution in [0.15, 0.2) is 109 Å². The molecule has 0 heterocycles. The molecule has 0 spiro atoms. The Morgan fingerprint density at radius 1 is 0.266 bits per heavy atom. The third-order valence-electron chi connectivity index (χ3n) is 14.3. The Morgan fingerprint density at radius 2 is 0.494 bits per heavy atom. The van der Waals surface area contributed by atoms with Crippen LogP contribution in [-0.2, 0) is 28.6 Å². The van der Waals surface area contributed by atoms with Crippen LogP contribution in [0.4, 0.5) is 0 Å². The van der Waals surface area contributed by atoms with Crippen LogP contribution < -0.4 is 0 Å². The number of hydrogen-bond donors (Lipinski definition) is 0. The molecule has 0 fully saturated rings. The van der Waals surface area contributed by atoms with Gasteiger partial charge in [-0.15, -0.1) is 0 Å². The highest BCUT2D eigenvalue weighted by atomic mass is 16.6. The van der Waals surface area contributed by atoms with Gasteiger partial charge in [-0.3, -0.25) is 14.4 Å². The first-order valence-corrected chi connectivity index (χ1v) is 33.4. The summed E-state index contributed by atoms with van der Waals surface area (Å²) in [5, 5.41) is 0. The lowest BCUT2D eigenvalue weighted by atomic mass is 10.0. The lowest BCUT2D eigenvalue weighted by molar-refractivity contribution is -0.167. The molecule has 0 amide bonds. The van der Waals surface area contributed by atoms with Crippen molar-refractivity contribution in [1.82, 2.24) is 0 Å². The van der Waals surface area contributed by atoms with Crippen LogP contribution in [0.5, 0.6) is 0 Å². The summed E-state index contributed by atoms with van der Waals surface area (Å²) in [6.45, 7) is 6.47. The van der Waals surface area contributed by atoms with E-state index in [9.17, 15) is 14.4 Å². The van der Waals surface area contributed by atoms with Gasteiger partial charge in [-0.2, -0.15) is 0 Å². The molecule has 0 aliphatic carbocycles. The molecule has 1 atom stereocenters. The monoisotopic (exact) mass is 1100 g/mol. The maximum Gasteiger partial charge on any atom is 0.306 e. The molecule has 0 rings (SSSR count). The average Bonchev–Trinajstić information content (AvgIpc) is 3.45. The van der Waals surface area contributed by atoms with Crippen molar-refractivity contribution in [3.8, 4) is 0 Å². The second-order valence-electron chi connectivity index (χ2n) is 22.0. The number of esters is 3. The van der Waals surface area contributed by atoms with Crippen LogP contribution in [0.2, 0.25) is 0 Å². The molecule has 0 aliphatic rings. The fourth-order valence-electron chi connectivity index (χ4n) is 9.28. The zero-order chi connectivity index (χ0) is 57.1. The maximum atomic E-state index is 12.9. The maximum absolute atomic E-state index is 12.9. The Labute approximate surface area is 489 Å². The largest absolute Gasteiger partial charge is 0.462 e. The fraction of sp³-hybridized carbons (Fsp3) is 0.712. The fourth-order valence-corrected chi connectivity index (χ4v) is 9.28. The quantitative estimate of drug-likeness (QED) is 0.0261. The summed E-state index contributed by atoms with van der Waals surface area (Å²) in [7, 11) is 0. The molecule has 0 N–H and O–H groups in total. The van der Waals surface area contributed by atoms with Gasteiger partial charge in [0, 0.05) is 19.3 Å². The third-order valence-corrected chi connectivity index (χ3v) is 14.3. The van der Waals surface area contributed by atoms with Crippen molar-refractivity contribution in [3.63, 3.8) is 0 Å². The normalized spacial score (nSPS) is 12.8. The Hall–Kier alpha value is -3.93. The summed E-state index contributed by atoms with van der Waals surface area (Å²) in [6, 6.07) is 0. The minimum absolute atomic E-state index is 0.0901. The van der Waals surface area contributed by atoms with E-state index < -0.39 is 6.10 Å². The van der Waals surface area contributed by atoms with Gasteiger partial charge in [0.15, 0.2) is 6.10 Å². The first-order chi connectivity index (χ1) is 39.0. The molecule has 452 valence electrons. The highest BCUT2D eigenvalue weighted by Crippen LogP contribution is 2.16. The van der Waals surface area contributed by atoms with Crippen LogP contribution in [0.3, 0.4) is 0 Å². The van der Waals surface area contributed by atoms with Crippen LogP contribution in [0.25, 0.3) is 0 Å². The van der Waals surface area contributed by atoms with Gasteiger partial charge < -0.3 is 14.2 Å². The van der Waals surface area contributed by atoms with Gasteiger partial charge in [-0.1, -0.05) is 297 Å². The predicted molar refractivity (Wildman–Crippen MR) is 343 cm³/mol. The molecule has 0 saturated carbocycles. The van der Waals surface area contributed by atoms with Gasteiger partial charge in [0.1, 0.15) is 13.2 Å². The SMILES string of the molecule is CC/C=C\C/C=C\C/C=C\C/C=C\C/C=C\C/C=C\C/C=C\CCCCCC(=O)OC(COC(=O)CCCCCCCCC)COC(=O)CCCCCCCCCCCCCCCCCCC/C=C\C/C=C\CCCCCCC. The van der Waals surface area contributed by atoms with Crippen molar-refractivity contribution in [2.45, 2.75) is 322 Å². The molecule has 0 aromatic rings. The van der Waals surface area contributed by atoms with E-state index in [4.69, 9.17) is 14.2 Å². The van der Waals surface area contributed by atoms with E-state index in [1.807, 2.05) is 0 Å². The Bertz CT molecular complexity index is 1590. The number of hydrogen-bond acceptors (Lipinski definition) is 6. The summed E-state index contributed by atoms with van der Waals surface area (Å²) >= 11 is 0. The van der Waals surface area contributed by atoms with Crippen molar-refractivity contribution < 1.29 is 28.6 Å². The molecule has 6 nitrogen and oxygen atoms in total. The van der Waals surface area contributed by atoms with Gasteiger partial charge >= 0.3 is 17.9 Å². The van der Waals surface area contributed by atoms with E-state index >= 15 is 0 Å². The van der Waals surface area contributed by atoms with Crippen molar-refractivity contribution in [2.24, 2.45) is 0 Å². The van der Waals surface area contributed by atoms with Gasteiger partial charge in [0.05, 0.1) is 0 Å². The number of unbranched alkanes of at least 4 members (excludes halogenated alkanes) is 31. The van der Waals surface area contributed by atoms with E-state index in [0.717, 1.165) is 116 Å². The molecule has 0 aromatic carbocycles. The van der Waals surface area contributed by atoms with E-state index in [-0.39, 0.29) is 37.5 Å². The minimum Gasteiger partial charge on any atom is -0.462 e. The topological polar surface area (TPSA) is 78.9 Å². The number of allylic oxidation sites excluding steroid dienone is 18. The molecular weight excluding hydrogens is 973 g/mol. The first-order valence-electron chi connectivity index (χ1n) is 33.4. The van der Waals surface area contributed by atoms with Crippen LogP contribution >= 0.6 is 0 Å². The lowest BCUT2D eigenvalue weighted by Crippen LogP contribution is -2.30. The van der Waals surface area contributed by atoms with Crippen LogP contribution in [-0.4, -0.2) is 37.2 Å². The Morgan fingerprint density at radius 3 is 0.785 bits per heavy atom. The van der Waals surface area contributed by atoms with Crippen molar-refractivity contribution in [2.75, 3.05) is 13.2 Å². The van der Waals surface area contributed by atoms with E-state index in [2.05, 4.69) is 130 Å². The van der Waals surface area contributed by atoms with Crippen molar-refractivity contribution in [3.05, 3.63) is 109 Å². The van der Waals surface area contributed by atoms with Gasteiger partial charge in [0.2, 0.25) is 0 Å². The summed E-state index contributed by atoms with van der Waals surface area (Å²) in [4.78, 5) is 38.1. The van der Waals surface area contributed by atoms with Crippen LogP contribution in [0, 0.1) is 0 Å². The summed E-state index contributed by atoms with van der Waals surface area (Å²) in [6.07, 6.45) is 91.4. The highest BCUT2D eigenvalue weighted by molar-refractivity contribution is 5.71. The zero-order valence-electron chi connectivity index (χ0n) is 51.9. The molecule has 0 radical (unpaired) electrons. The summed E-state index contributed by atoms with van der Waals surface area (Å²) in [5.74, 6) is -0.922. The van der Waals surface area contributed by atoms with Crippen molar-refractivity contribution in [1.29, 1.82) is 0 Å². The zero-order valence-corrected chi connectivity index (χ0v) is 51.9. The molecule has 79 heavy (non-hydrogen) atoms. The molecule has 6 heteroatoms. The van der Waals surface area contributed by atoms with E-state index in [1.165, 1.54) is 161 Å². The smallest absolute Gasteiger partial charge is 0.306 e. The molecule has 1 unspecified atom stereocenters. The third kappa shape index (κ3) is 64.8. The minimum atomic E-state index is -0.795. The number of carbonyl (C=O) groups excluding carboxylic acids is 3. The second kappa shape index (κ2) is 66.6. The average molecular weight is 1100 g/mol. The standard InChI is InChI=1S/C73H124O6/c1-4-7-10-13-16-18-20-22-24-26-28-30-32-34-35-36-37-39-40-42-44-46-48-50-52-54-57-60-63-66-72(75)78-69-70(68-77-71(74)65-62-59-56-15-12-9-6-3)79-73(76)67-64-61-58-55-53-51-49-47-45-43-41-38-33-31-29-27-25-23-21-19-17-14-11-8-5-2/h8,11,17,19-20,22-23,25-26,28-29,31,38,41,45,47,51,53,70H,4-7,9-10,12-16,18,21,24,27,30,32-37,39-40,42-44,46,48-50,52,54-69H2,1-3H3/b11-8-,19-17-,22-20-,25-23-,28-26-,31-29-,41-38-,47-45-,53-51-. The molecule has 0 saturated heterocycles. The molecule has 0 aliphatic heterocycles. The van der Waals surface area contributed by atoms with Crippen LogP contribution in [0.1, 0.15) is 316 Å². The van der Waals surface area contributed by atoms with E-state index in [0.29, 0.717) is 12.8 Å². The summed E-state index contributed by atoms with van der Waals surface area (Å²) in [5.41, 5.74) is 0. The number of carbonyl (C=O) groups is 3. The second-order valence-corrected chi connectivity index (χ2v) is 22.0. The molecular formula is C73H124O6. The molecule has 0 aromatic heterocycles. The molecule has 0 bridgehead atoms. The number of ether oxygens (including phenoxy) is 3. The highest BCUT2D eigenvalue weighted by Gasteiger charge is 2.19. The van der Waals surface area contributed by atoms with Gasteiger partial charge in [-0.25, -0.2) is 0 Å². The first kappa shape index (κ1) is 75.1. The summed E-state index contributed by atoms with van der Waals surface area (Å²) < 4.78 is 16.8. The van der Waals surface area contributed by atoms with E-state index in [1.54, 1.807) is 0 Å². The predicted octanol–water partition coefficient (Wildman–Crippen LogP) is 23.0. The Kier molecular flexibility index (Phi) is 63.3. The lowest BCUT2D eigenvalue weighted by Gasteiger charge is -2.18. The number of rotatable bonds is 60. The van der Waals surface area contributed by atoms with Gasteiger partial charge in [0.25, 0.3) is 0 Å².